The van der Waals surface area contributed by atoms with Crippen molar-refractivity contribution in [1.29, 1.82) is 0 Å². The summed E-state index contributed by atoms with van der Waals surface area (Å²) in [6.45, 7) is 5.96. The Labute approximate surface area is 108 Å². The largest absolute Gasteiger partial charge is 0.491 e. The van der Waals surface area contributed by atoms with E-state index in [0.717, 1.165) is 23.4 Å². The van der Waals surface area contributed by atoms with E-state index < -0.39 is 0 Å². The second-order valence-electron chi connectivity index (χ2n) is 3.81. The van der Waals surface area contributed by atoms with Crippen molar-refractivity contribution in [3.8, 4) is 5.75 Å². The van der Waals surface area contributed by atoms with Gasteiger partial charge in [0.1, 0.15) is 12.4 Å². The number of nitrogen functional groups attached to an aromatic ring is 1. The zero-order chi connectivity index (χ0) is 13.2. The van der Waals surface area contributed by atoms with Crippen LogP contribution in [0, 0.1) is 0 Å². The average molecular weight is 251 g/mol. The first-order chi connectivity index (χ1) is 8.77. The molecule has 0 amide bonds. The van der Waals surface area contributed by atoms with Gasteiger partial charge in [0.25, 0.3) is 0 Å². The summed E-state index contributed by atoms with van der Waals surface area (Å²) in [5.74, 6) is 0.833. The van der Waals surface area contributed by atoms with Gasteiger partial charge >= 0.3 is 0 Å². The number of rotatable bonds is 9. The zero-order valence-corrected chi connectivity index (χ0v) is 10.9. The van der Waals surface area contributed by atoms with E-state index in [0.29, 0.717) is 26.4 Å². The number of benzene rings is 1. The molecular weight excluding hydrogens is 230 g/mol. The average Bonchev–Trinajstić information content (AvgIpc) is 2.36. The third-order valence-corrected chi connectivity index (χ3v) is 2.37. The standard InChI is InChI=1S/C14H21NO3/c1-3-4-12-11-13(15)5-6-14(12)18-10-9-17-8-7-16-2/h3,5-6,11H,1,4,7-10,15H2,2H3. The molecule has 0 aromatic heterocycles. The molecule has 1 aromatic rings. The molecular formula is C14H21NO3. The molecule has 1 aromatic carbocycles. The Kier molecular flexibility index (Phi) is 6.91. The first-order valence-corrected chi connectivity index (χ1v) is 5.96. The maximum atomic E-state index is 5.74. The molecule has 0 saturated heterocycles. The number of anilines is 1. The van der Waals surface area contributed by atoms with Crippen molar-refractivity contribution in [2.45, 2.75) is 6.42 Å². The molecule has 0 fully saturated rings. The lowest BCUT2D eigenvalue weighted by molar-refractivity contribution is 0.0543. The number of hydrogen-bond acceptors (Lipinski definition) is 4. The molecule has 100 valence electrons. The highest BCUT2D eigenvalue weighted by atomic mass is 16.5. The third-order valence-electron chi connectivity index (χ3n) is 2.37. The lowest BCUT2D eigenvalue weighted by Crippen LogP contribution is -2.10. The van der Waals surface area contributed by atoms with Gasteiger partial charge in [-0.3, -0.25) is 0 Å². The number of allylic oxidation sites excluding steroid dienone is 1. The van der Waals surface area contributed by atoms with Crippen LogP contribution in [0.4, 0.5) is 5.69 Å². The van der Waals surface area contributed by atoms with Crippen molar-refractivity contribution in [3.05, 3.63) is 36.4 Å². The van der Waals surface area contributed by atoms with Crippen LogP contribution in [0.1, 0.15) is 5.56 Å². The Balaban J connectivity index is 2.38. The van der Waals surface area contributed by atoms with Crippen LogP contribution in [-0.2, 0) is 15.9 Å². The molecule has 18 heavy (non-hydrogen) atoms. The normalized spacial score (nSPS) is 10.3. The molecule has 0 spiro atoms. The number of hydrogen-bond donors (Lipinski definition) is 1. The molecule has 4 heteroatoms. The molecule has 0 saturated carbocycles. The highest BCUT2D eigenvalue weighted by molar-refractivity contribution is 5.48. The minimum atomic E-state index is 0.512. The zero-order valence-electron chi connectivity index (χ0n) is 10.9. The molecule has 0 heterocycles. The van der Waals surface area contributed by atoms with Crippen LogP contribution in [0.15, 0.2) is 30.9 Å². The second kappa shape index (κ2) is 8.55. The van der Waals surface area contributed by atoms with Crippen LogP contribution in [0.3, 0.4) is 0 Å². The van der Waals surface area contributed by atoms with Gasteiger partial charge in [-0.05, 0) is 30.2 Å². The summed E-state index contributed by atoms with van der Waals surface area (Å²) in [5, 5.41) is 0. The molecule has 2 N–H and O–H groups in total. The Bertz CT molecular complexity index is 366. The van der Waals surface area contributed by atoms with Gasteiger partial charge in [0.15, 0.2) is 0 Å². The van der Waals surface area contributed by atoms with Crippen molar-refractivity contribution in [2.75, 3.05) is 39.3 Å². The molecule has 0 aliphatic rings. The first kappa shape index (κ1) is 14.5. The first-order valence-electron chi connectivity index (χ1n) is 5.96. The Morgan fingerprint density at radius 3 is 2.72 bits per heavy atom. The maximum Gasteiger partial charge on any atom is 0.123 e. The molecule has 0 atom stereocenters. The van der Waals surface area contributed by atoms with Gasteiger partial charge in [0.2, 0.25) is 0 Å². The summed E-state index contributed by atoms with van der Waals surface area (Å²) in [6.07, 6.45) is 2.57. The second-order valence-corrected chi connectivity index (χ2v) is 3.81. The van der Waals surface area contributed by atoms with E-state index in [4.69, 9.17) is 19.9 Å². The van der Waals surface area contributed by atoms with Gasteiger partial charge in [-0.25, -0.2) is 0 Å². The molecule has 0 aliphatic heterocycles. The lowest BCUT2D eigenvalue weighted by Gasteiger charge is -2.11. The van der Waals surface area contributed by atoms with E-state index in [1.165, 1.54) is 0 Å². The molecule has 1 rings (SSSR count). The highest BCUT2D eigenvalue weighted by Gasteiger charge is 2.02. The molecule has 0 bridgehead atoms. The fraction of sp³-hybridized carbons (Fsp3) is 0.429. The predicted molar refractivity (Wildman–Crippen MR) is 72.9 cm³/mol. The summed E-state index contributed by atoms with van der Waals surface area (Å²) < 4.78 is 15.9. The monoisotopic (exact) mass is 251 g/mol. The topological polar surface area (TPSA) is 53.7 Å². The van der Waals surface area contributed by atoms with Gasteiger partial charge in [-0.2, -0.15) is 0 Å². The van der Waals surface area contributed by atoms with E-state index in [9.17, 15) is 0 Å². The van der Waals surface area contributed by atoms with Gasteiger partial charge in [-0.1, -0.05) is 6.08 Å². The van der Waals surface area contributed by atoms with Gasteiger partial charge in [-0.15, -0.1) is 6.58 Å². The quantitative estimate of drug-likeness (QED) is 0.414. The molecule has 4 nitrogen and oxygen atoms in total. The van der Waals surface area contributed by atoms with E-state index in [2.05, 4.69) is 6.58 Å². The van der Waals surface area contributed by atoms with E-state index in [1.807, 2.05) is 24.3 Å². The summed E-state index contributed by atoms with van der Waals surface area (Å²) >= 11 is 0. The van der Waals surface area contributed by atoms with Crippen LogP contribution in [0.2, 0.25) is 0 Å². The minimum Gasteiger partial charge on any atom is -0.491 e. The van der Waals surface area contributed by atoms with Crippen molar-refractivity contribution < 1.29 is 14.2 Å². The number of methoxy groups -OCH3 is 1. The van der Waals surface area contributed by atoms with Gasteiger partial charge in [0, 0.05) is 12.8 Å². The Morgan fingerprint density at radius 1 is 1.22 bits per heavy atom. The van der Waals surface area contributed by atoms with Crippen LogP contribution in [0.5, 0.6) is 5.75 Å². The number of ether oxygens (including phenoxy) is 3. The van der Waals surface area contributed by atoms with E-state index in [-0.39, 0.29) is 0 Å². The Hall–Kier alpha value is -1.52. The predicted octanol–water partition coefficient (Wildman–Crippen LogP) is 2.04. The summed E-state index contributed by atoms with van der Waals surface area (Å²) in [4.78, 5) is 0. The van der Waals surface area contributed by atoms with Crippen LogP contribution >= 0.6 is 0 Å². The highest BCUT2D eigenvalue weighted by Crippen LogP contribution is 2.22. The fourth-order valence-electron chi connectivity index (χ4n) is 1.51. The van der Waals surface area contributed by atoms with Gasteiger partial charge < -0.3 is 19.9 Å². The number of nitrogens with two attached hydrogens (primary N) is 1. The van der Waals surface area contributed by atoms with E-state index >= 15 is 0 Å². The third kappa shape index (κ3) is 5.21. The fourth-order valence-corrected chi connectivity index (χ4v) is 1.51. The SMILES string of the molecule is C=CCc1cc(N)ccc1OCCOCCOC. The summed E-state index contributed by atoms with van der Waals surface area (Å²) in [5.41, 5.74) is 7.51. The van der Waals surface area contributed by atoms with Crippen molar-refractivity contribution in [3.63, 3.8) is 0 Å². The summed E-state index contributed by atoms with van der Waals surface area (Å²) in [6, 6.07) is 5.61. The van der Waals surface area contributed by atoms with E-state index in [1.54, 1.807) is 7.11 Å². The van der Waals surface area contributed by atoms with Crippen LogP contribution < -0.4 is 10.5 Å². The van der Waals surface area contributed by atoms with Crippen molar-refractivity contribution in [2.24, 2.45) is 0 Å². The van der Waals surface area contributed by atoms with Crippen LogP contribution in [0.25, 0.3) is 0 Å². The minimum absolute atomic E-state index is 0.512. The van der Waals surface area contributed by atoms with Gasteiger partial charge in [0.05, 0.1) is 19.8 Å². The van der Waals surface area contributed by atoms with Crippen LogP contribution in [-0.4, -0.2) is 33.5 Å². The molecule has 0 aliphatic carbocycles. The smallest absolute Gasteiger partial charge is 0.123 e. The summed E-state index contributed by atoms with van der Waals surface area (Å²) in [7, 11) is 1.65. The maximum absolute atomic E-state index is 5.74. The molecule has 0 unspecified atom stereocenters. The Morgan fingerprint density at radius 2 is 2.00 bits per heavy atom. The molecule has 0 radical (unpaired) electrons. The lowest BCUT2D eigenvalue weighted by atomic mass is 10.1. The van der Waals surface area contributed by atoms with Crippen molar-refractivity contribution >= 4 is 5.69 Å². The van der Waals surface area contributed by atoms with Crippen molar-refractivity contribution in [1.82, 2.24) is 0 Å².